The Morgan fingerprint density at radius 1 is 1.11 bits per heavy atom. The van der Waals surface area contributed by atoms with Crippen molar-refractivity contribution in [2.45, 2.75) is 31.8 Å². The van der Waals surface area contributed by atoms with Crippen LogP contribution in [0.3, 0.4) is 0 Å². The molecule has 1 aromatic heterocycles. The topological polar surface area (TPSA) is 96.6 Å². The molecule has 1 atom stereocenters. The molecule has 1 aliphatic rings. The average molecular weight is 491 g/mol. The lowest BCUT2D eigenvalue weighted by Gasteiger charge is -2.39. The maximum atomic E-state index is 10.8. The fourth-order valence-electron chi connectivity index (χ4n) is 4.73. The smallest absolute Gasteiger partial charge is 0.303 e. The maximum absolute atomic E-state index is 10.8. The first-order valence-corrected chi connectivity index (χ1v) is 12.4. The van der Waals surface area contributed by atoms with Crippen LogP contribution in [0.25, 0.3) is 11.4 Å². The van der Waals surface area contributed by atoms with Crippen molar-refractivity contribution in [3.63, 3.8) is 0 Å². The van der Waals surface area contributed by atoms with Gasteiger partial charge >= 0.3 is 5.97 Å². The molecular weight excluding hydrogens is 456 g/mol. The lowest BCUT2D eigenvalue weighted by atomic mass is 9.95. The molecule has 4 rings (SSSR count). The van der Waals surface area contributed by atoms with Gasteiger partial charge in [0.1, 0.15) is 5.75 Å². The highest BCUT2D eigenvalue weighted by Gasteiger charge is 2.26. The molecule has 190 valence electrons. The number of aryl methyl sites for hydroxylation is 1. The van der Waals surface area contributed by atoms with Gasteiger partial charge in [-0.05, 0) is 46.5 Å². The molecular formula is C27H34N6O3. The van der Waals surface area contributed by atoms with Crippen LogP contribution in [0.4, 0.5) is 0 Å². The zero-order valence-corrected chi connectivity index (χ0v) is 20.8. The molecule has 1 saturated heterocycles. The van der Waals surface area contributed by atoms with Gasteiger partial charge in [0.15, 0.2) is 5.82 Å². The molecule has 0 aliphatic carbocycles. The Balaban J connectivity index is 1.55. The number of carboxylic acid groups (broad SMARTS) is 1. The predicted molar refractivity (Wildman–Crippen MR) is 138 cm³/mol. The molecule has 1 N–H and O–H groups in total. The van der Waals surface area contributed by atoms with Crippen LogP contribution in [0.2, 0.25) is 0 Å². The zero-order valence-electron chi connectivity index (χ0n) is 20.8. The molecule has 0 amide bonds. The fraction of sp³-hybridized carbons (Fsp3) is 0.407. The summed E-state index contributed by atoms with van der Waals surface area (Å²) in [4.78, 5) is 15.7. The SMILES string of the molecule is C=CCN1CCN([C@@H](c2ccc(-c3nnnn3CCCCC(=O)O)cc2)c2cccc(OC)c2)CC1. The average Bonchev–Trinajstić information content (AvgIpc) is 3.37. The number of aliphatic carboxylic acids is 1. The summed E-state index contributed by atoms with van der Waals surface area (Å²) >= 11 is 0. The van der Waals surface area contributed by atoms with E-state index in [4.69, 9.17) is 9.84 Å². The van der Waals surface area contributed by atoms with Crippen LogP contribution in [-0.2, 0) is 11.3 Å². The summed E-state index contributed by atoms with van der Waals surface area (Å²) in [5.41, 5.74) is 3.33. The number of methoxy groups -OCH3 is 1. The first kappa shape index (κ1) is 25.5. The van der Waals surface area contributed by atoms with Crippen LogP contribution >= 0.6 is 0 Å². The van der Waals surface area contributed by atoms with Gasteiger partial charge in [-0.25, -0.2) is 4.68 Å². The van der Waals surface area contributed by atoms with E-state index in [0.29, 0.717) is 25.2 Å². The van der Waals surface area contributed by atoms with E-state index < -0.39 is 5.97 Å². The van der Waals surface area contributed by atoms with Gasteiger partial charge in [0, 0.05) is 51.3 Å². The number of rotatable bonds is 12. The van der Waals surface area contributed by atoms with E-state index in [1.165, 1.54) is 11.1 Å². The Labute approximate surface area is 212 Å². The molecule has 0 unspecified atom stereocenters. The highest BCUT2D eigenvalue weighted by atomic mass is 16.5. The number of piperazine rings is 1. The van der Waals surface area contributed by atoms with Crippen molar-refractivity contribution < 1.29 is 14.6 Å². The lowest BCUT2D eigenvalue weighted by molar-refractivity contribution is -0.137. The minimum atomic E-state index is -0.782. The van der Waals surface area contributed by atoms with Gasteiger partial charge in [-0.15, -0.1) is 11.7 Å². The van der Waals surface area contributed by atoms with Gasteiger partial charge in [-0.3, -0.25) is 14.6 Å². The quantitative estimate of drug-likeness (QED) is 0.304. The third kappa shape index (κ3) is 6.35. The minimum Gasteiger partial charge on any atom is -0.497 e. The number of aromatic nitrogens is 4. The van der Waals surface area contributed by atoms with E-state index in [0.717, 1.165) is 44.0 Å². The number of nitrogens with zero attached hydrogens (tertiary/aromatic N) is 6. The van der Waals surface area contributed by atoms with Crippen molar-refractivity contribution in [1.29, 1.82) is 0 Å². The number of tetrazole rings is 1. The Morgan fingerprint density at radius 3 is 2.58 bits per heavy atom. The molecule has 36 heavy (non-hydrogen) atoms. The van der Waals surface area contributed by atoms with Gasteiger partial charge in [0.05, 0.1) is 13.2 Å². The van der Waals surface area contributed by atoms with Gasteiger partial charge in [-0.2, -0.15) is 0 Å². The van der Waals surface area contributed by atoms with E-state index in [2.05, 4.69) is 68.3 Å². The summed E-state index contributed by atoms with van der Waals surface area (Å²) in [5.74, 6) is 0.754. The number of hydrogen-bond donors (Lipinski definition) is 1. The minimum absolute atomic E-state index is 0.104. The molecule has 0 saturated carbocycles. The maximum Gasteiger partial charge on any atom is 0.303 e. The Hall–Kier alpha value is -3.56. The number of carbonyl (C=O) groups is 1. The Morgan fingerprint density at radius 2 is 1.89 bits per heavy atom. The fourth-order valence-corrected chi connectivity index (χ4v) is 4.73. The van der Waals surface area contributed by atoms with Crippen molar-refractivity contribution in [2.75, 3.05) is 39.8 Å². The number of unbranched alkanes of at least 4 members (excludes halogenated alkanes) is 1. The summed E-state index contributed by atoms with van der Waals surface area (Å²) in [5, 5.41) is 21.0. The number of carboxylic acids is 1. The second-order valence-corrected chi connectivity index (χ2v) is 9.00. The third-order valence-electron chi connectivity index (χ3n) is 6.60. The molecule has 1 fully saturated rings. The first-order chi connectivity index (χ1) is 17.6. The van der Waals surface area contributed by atoms with Gasteiger partial charge in [0.25, 0.3) is 0 Å². The van der Waals surface area contributed by atoms with E-state index in [1.54, 1.807) is 11.8 Å². The van der Waals surface area contributed by atoms with Crippen LogP contribution < -0.4 is 4.74 Å². The monoisotopic (exact) mass is 490 g/mol. The summed E-state index contributed by atoms with van der Waals surface area (Å²) < 4.78 is 7.26. The predicted octanol–water partition coefficient (Wildman–Crippen LogP) is 3.50. The third-order valence-corrected chi connectivity index (χ3v) is 6.60. The lowest BCUT2D eigenvalue weighted by Crippen LogP contribution is -2.47. The molecule has 2 aromatic carbocycles. The second kappa shape index (κ2) is 12.4. The number of benzene rings is 2. The standard InChI is InChI=1S/C27H34N6O3/c1-3-14-31-16-18-32(19-17-31)26(23-7-6-8-24(20-23)36-2)21-10-12-22(13-11-21)27-28-29-30-33(27)15-5-4-9-25(34)35/h3,6-8,10-13,20,26H,1,4-5,9,14-19H2,2H3,(H,34,35)/t26-/m0/s1. The van der Waals surface area contributed by atoms with Gasteiger partial charge in [0.2, 0.25) is 0 Å². The van der Waals surface area contributed by atoms with Crippen LogP contribution in [0.1, 0.15) is 36.4 Å². The normalized spacial score (nSPS) is 15.5. The summed E-state index contributed by atoms with van der Waals surface area (Å²) in [7, 11) is 1.70. The van der Waals surface area contributed by atoms with Gasteiger partial charge in [-0.1, -0.05) is 42.5 Å². The van der Waals surface area contributed by atoms with Crippen LogP contribution in [0.15, 0.2) is 61.2 Å². The summed E-state index contributed by atoms with van der Waals surface area (Å²) in [6.07, 6.45) is 3.42. The second-order valence-electron chi connectivity index (χ2n) is 9.00. The molecule has 9 heteroatoms. The van der Waals surface area contributed by atoms with Crippen molar-refractivity contribution in [3.8, 4) is 17.1 Å². The summed E-state index contributed by atoms with van der Waals surface area (Å²) in [6.45, 7) is 9.31. The largest absolute Gasteiger partial charge is 0.497 e. The first-order valence-electron chi connectivity index (χ1n) is 12.4. The highest BCUT2D eigenvalue weighted by molar-refractivity contribution is 5.66. The van der Waals surface area contributed by atoms with E-state index >= 15 is 0 Å². The van der Waals surface area contributed by atoms with Crippen molar-refractivity contribution >= 4 is 5.97 Å². The van der Waals surface area contributed by atoms with E-state index in [-0.39, 0.29) is 12.5 Å². The molecule has 0 bridgehead atoms. The van der Waals surface area contributed by atoms with Crippen LogP contribution in [0.5, 0.6) is 5.75 Å². The van der Waals surface area contributed by atoms with Crippen molar-refractivity contribution in [1.82, 2.24) is 30.0 Å². The molecule has 1 aliphatic heterocycles. The van der Waals surface area contributed by atoms with E-state index in [1.807, 2.05) is 18.2 Å². The Bertz CT molecular complexity index is 1140. The zero-order chi connectivity index (χ0) is 25.3. The van der Waals surface area contributed by atoms with Crippen molar-refractivity contribution in [2.24, 2.45) is 0 Å². The molecule has 9 nitrogen and oxygen atoms in total. The molecule has 0 radical (unpaired) electrons. The van der Waals surface area contributed by atoms with Crippen molar-refractivity contribution in [3.05, 3.63) is 72.3 Å². The molecule has 3 aromatic rings. The number of ether oxygens (including phenoxy) is 1. The molecule has 2 heterocycles. The molecule has 0 spiro atoms. The Kier molecular flexibility index (Phi) is 8.80. The number of hydrogen-bond acceptors (Lipinski definition) is 7. The summed E-state index contributed by atoms with van der Waals surface area (Å²) in [6, 6.07) is 16.8. The van der Waals surface area contributed by atoms with Crippen LogP contribution in [0, 0.1) is 0 Å². The highest BCUT2D eigenvalue weighted by Crippen LogP contribution is 2.32. The van der Waals surface area contributed by atoms with E-state index in [9.17, 15) is 4.79 Å². The van der Waals surface area contributed by atoms with Crippen LogP contribution in [-0.4, -0.2) is 80.9 Å². The van der Waals surface area contributed by atoms with Gasteiger partial charge < -0.3 is 9.84 Å².